The van der Waals surface area contributed by atoms with Crippen LogP contribution in [0.15, 0.2) is 4.47 Å². The topological polar surface area (TPSA) is 25.8 Å². The molecule has 0 saturated heterocycles. The van der Waals surface area contributed by atoms with Crippen LogP contribution in [0.2, 0.25) is 5.15 Å². The quantitative estimate of drug-likeness (QED) is 0.767. The maximum Gasteiger partial charge on any atom is 0.147 e. The summed E-state index contributed by atoms with van der Waals surface area (Å²) in [6.07, 6.45) is 6.25. The molecule has 0 N–H and O–H groups in total. The van der Waals surface area contributed by atoms with Crippen LogP contribution in [0, 0.1) is 0 Å². The van der Waals surface area contributed by atoms with Gasteiger partial charge in [-0.05, 0) is 41.6 Å². The van der Waals surface area contributed by atoms with Crippen LogP contribution < -0.4 is 0 Å². The number of rotatable bonds is 2. The predicted molar refractivity (Wildman–Crippen MR) is 63.3 cm³/mol. The highest BCUT2D eigenvalue weighted by atomic mass is 79.9. The van der Waals surface area contributed by atoms with E-state index in [0.717, 1.165) is 16.0 Å². The van der Waals surface area contributed by atoms with Gasteiger partial charge >= 0.3 is 0 Å². The van der Waals surface area contributed by atoms with Gasteiger partial charge in [-0.25, -0.2) is 9.97 Å². The van der Waals surface area contributed by atoms with Crippen LogP contribution in [-0.4, -0.2) is 9.97 Å². The predicted octanol–water partition coefficient (Wildman–Crippen LogP) is 4.04. The van der Waals surface area contributed by atoms with Gasteiger partial charge in [0.1, 0.15) is 11.0 Å². The van der Waals surface area contributed by atoms with Crippen molar-refractivity contribution >= 4 is 27.5 Å². The minimum atomic E-state index is 0.563. The average molecular weight is 288 g/mol. The van der Waals surface area contributed by atoms with Crippen LogP contribution in [0.4, 0.5) is 0 Å². The van der Waals surface area contributed by atoms with E-state index >= 15 is 0 Å². The van der Waals surface area contributed by atoms with Crippen LogP contribution in [0.5, 0.6) is 0 Å². The fourth-order valence-corrected chi connectivity index (χ4v) is 2.61. The van der Waals surface area contributed by atoms with Gasteiger partial charge < -0.3 is 0 Å². The average Bonchev–Trinajstić information content (AvgIpc) is 2.90. The van der Waals surface area contributed by atoms with Crippen molar-refractivity contribution in [1.29, 1.82) is 0 Å². The minimum Gasteiger partial charge on any atom is -0.236 e. The fraction of sp³-hybridized carbons (Fsp3) is 0.636. The SMILES string of the molecule is Clc1nc(C2CCC2)nc(C2CC2)c1Br. The van der Waals surface area contributed by atoms with Gasteiger partial charge in [0, 0.05) is 11.8 Å². The summed E-state index contributed by atoms with van der Waals surface area (Å²) in [6, 6.07) is 0. The molecule has 2 saturated carbocycles. The van der Waals surface area contributed by atoms with E-state index in [4.69, 9.17) is 11.6 Å². The van der Waals surface area contributed by atoms with Gasteiger partial charge in [-0.2, -0.15) is 0 Å². The highest BCUT2D eigenvalue weighted by Gasteiger charge is 2.31. The second kappa shape index (κ2) is 3.70. The highest BCUT2D eigenvalue weighted by molar-refractivity contribution is 9.10. The van der Waals surface area contributed by atoms with Crippen molar-refractivity contribution in [3.8, 4) is 0 Å². The molecule has 0 bridgehead atoms. The molecule has 15 heavy (non-hydrogen) atoms. The standard InChI is InChI=1S/C11H12BrClN2/c12-8-9(6-4-5-6)14-11(15-10(8)13)7-2-1-3-7/h6-7H,1-5H2. The Bertz CT molecular complexity index is 400. The molecule has 2 fully saturated rings. The molecule has 1 heterocycles. The zero-order valence-corrected chi connectivity index (χ0v) is 10.7. The molecule has 1 aromatic rings. The zero-order valence-electron chi connectivity index (χ0n) is 8.34. The lowest BCUT2D eigenvalue weighted by Gasteiger charge is -2.24. The van der Waals surface area contributed by atoms with Crippen molar-refractivity contribution in [3.63, 3.8) is 0 Å². The van der Waals surface area contributed by atoms with E-state index in [-0.39, 0.29) is 0 Å². The Hall–Kier alpha value is -0.150. The number of nitrogens with zero attached hydrogens (tertiary/aromatic N) is 2. The molecule has 2 aliphatic carbocycles. The van der Waals surface area contributed by atoms with E-state index < -0.39 is 0 Å². The summed E-state index contributed by atoms with van der Waals surface area (Å²) in [4.78, 5) is 9.05. The summed E-state index contributed by atoms with van der Waals surface area (Å²) in [5.74, 6) is 2.16. The molecule has 80 valence electrons. The third-order valence-corrected chi connectivity index (χ3v) is 4.57. The molecule has 0 radical (unpaired) electrons. The van der Waals surface area contributed by atoms with E-state index in [2.05, 4.69) is 25.9 Å². The Morgan fingerprint density at radius 1 is 1.07 bits per heavy atom. The zero-order chi connectivity index (χ0) is 10.4. The molecule has 0 unspecified atom stereocenters. The van der Waals surface area contributed by atoms with Crippen LogP contribution in [0.1, 0.15) is 55.5 Å². The van der Waals surface area contributed by atoms with Gasteiger partial charge in [0.25, 0.3) is 0 Å². The molecule has 2 nitrogen and oxygen atoms in total. The van der Waals surface area contributed by atoms with Crippen molar-refractivity contribution in [3.05, 3.63) is 21.1 Å². The van der Waals surface area contributed by atoms with Crippen molar-refractivity contribution < 1.29 is 0 Å². The maximum absolute atomic E-state index is 6.12. The summed E-state index contributed by atoms with van der Waals surface area (Å²) in [5, 5.41) is 0.591. The van der Waals surface area contributed by atoms with Crippen LogP contribution in [0.3, 0.4) is 0 Å². The molecule has 0 aromatic carbocycles. The first-order valence-electron chi connectivity index (χ1n) is 5.48. The summed E-state index contributed by atoms with van der Waals surface area (Å²) >= 11 is 9.61. The number of halogens is 2. The summed E-state index contributed by atoms with van der Waals surface area (Å²) in [7, 11) is 0. The highest BCUT2D eigenvalue weighted by Crippen LogP contribution is 2.45. The van der Waals surface area contributed by atoms with Gasteiger partial charge in [0.2, 0.25) is 0 Å². The number of hydrogen-bond donors (Lipinski definition) is 0. The Morgan fingerprint density at radius 3 is 2.33 bits per heavy atom. The van der Waals surface area contributed by atoms with Gasteiger partial charge in [-0.3, -0.25) is 0 Å². The molecular weight excluding hydrogens is 275 g/mol. The summed E-state index contributed by atoms with van der Waals surface area (Å²) in [5.41, 5.74) is 1.14. The molecule has 0 atom stereocenters. The first-order chi connectivity index (χ1) is 7.25. The van der Waals surface area contributed by atoms with Crippen molar-refractivity contribution in [2.24, 2.45) is 0 Å². The van der Waals surface area contributed by atoms with Crippen molar-refractivity contribution in [2.75, 3.05) is 0 Å². The van der Waals surface area contributed by atoms with Gasteiger partial charge in [0.15, 0.2) is 0 Å². The molecular formula is C11H12BrClN2. The lowest BCUT2D eigenvalue weighted by Crippen LogP contribution is -2.14. The normalized spacial score (nSPS) is 21.5. The number of aromatic nitrogens is 2. The minimum absolute atomic E-state index is 0.563. The second-order valence-electron chi connectivity index (χ2n) is 4.47. The summed E-state index contributed by atoms with van der Waals surface area (Å²) in [6.45, 7) is 0. The lowest BCUT2D eigenvalue weighted by molar-refractivity contribution is 0.400. The van der Waals surface area contributed by atoms with Gasteiger partial charge in [-0.1, -0.05) is 18.0 Å². The molecule has 4 heteroatoms. The lowest BCUT2D eigenvalue weighted by atomic mass is 9.85. The van der Waals surface area contributed by atoms with Crippen molar-refractivity contribution in [2.45, 2.75) is 43.9 Å². The maximum atomic E-state index is 6.12. The molecule has 0 amide bonds. The molecule has 1 aromatic heterocycles. The first-order valence-corrected chi connectivity index (χ1v) is 6.65. The molecule has 0 aliphatic heterocycles. The molecule has 3 rings (SSSR count). The van der Waals surface area contributed by atoms with Crippen LogP contribution in [0.25, 0.3) is 0 Å². The van der Waals surface area contributed by atoms with E-state index in [9.17, 15) is 0 Å². The van der Waals surface area contributed by atoms with E-state index in [1.54, 1.807) is 0 Å². The Balaban J connectivity index is 2.00. The third-order valence-electron chi connectivity index (χ3n) is 3.29. The van der Waals surface area contributed by atoms with Gasteiger partial charge in [0.05, 0.1) is 10.2 Å². The monoisotopic (exact) mass is 286 g/mol. The summed E-state index contributed by atoms with van der Waals surface area (Å²) < 4.78 is 0.912. The van der Waals surface area contributed by atoms with E-state index in [1.165, 1.54) is 32.1 Å². The van der Waals surface area contributed by atoms with Crippen LogP contribution >= 0.6 is 27.5 Å². The van der Waals surface area contributed by atoms with E-state index in [0.29, 0.717) is 17.0 Å². The smallest absolute Gasteiger partial charge is 0.147 e. The molecule has 2 aliphatic rings. The molecule has 0 spiro atoms. The Labute approximate surface area is 103 Å². The largest absolute Gasteiger partial charge is 0.236 e. The second-order valence-corrected chi connectivity index (χ2v) is 5.62. The Kier molecular flexibility index (Phi) is 2.48. The Morgan fingerprint density at radius 2 is 1.80 bits per heavy atom. The first kappa shape index (κ1) is 10.0. The van der Waals surface area contributed by atoms with Crippen molar-refractivity contribution in [1.82, 2.24) is 9.97 Å². The fourth-order valence-electron chi connectivity index (χ4n) is 1.93. The van der Waals surface area contributed by atoms with Gasteiger partial charge in [-0.15, -0.1) is 0 Å². The number of hydrogen-bond acceptors (Lipinski definition) is 2. The third kappa shape index (κ3) is 1.80. The van der Waals surface area contributed by atoms with Crippen LogP contribution in [-0.2, 0) is 0 Å². The van der Waals surface area contributed by atoms with E-state index in [1.807, 2.05) is 0 Å².